The number of fused-ring (bicyclic) bond motifs is 1. The molecule has 0 aromatic heterocycles. The van der Waals surface area contributed by atoms with Crippen LogP contribution in [0.25, 0.3) is 0 Å². The van der Waals surface area contributed by atoms with Crippen LogP contribution in [0.3, 0.4) is 0 Å². The smallest absolute Gasteiger partial charge is 0.410 e. The summed E-state index contributed by atoms with van der Waals surface area (Å²) in [7, 11) is 0. The Balaban J connectivity index is 1.07. The molecule has 4 aliphatic rings. The molecule has 4 amide bonds. The number of imide groups is 1. The highest BCUT2D eigenvalue weighted by atomic mass is 16.6. The van der Waals surface area contributed by atoms with Crippen molar-refractivity contribution in [3.05, 3.63) is 34.9 Å². The van der Waals surface area contributed by atoms with Crippen LogP contribution in [-0.2, 0) is 20.9 Å². The van der Waals surface area contributed by atoms with Crippen LogP contribution in [0.1, 0.15) is 73.9 Å². The van der Waals surface area contributed by atoms with Gasteiger partial charge in [0, 0.05) is 57.8 Å². The average Bonchev–Trinajstić information content (AvgIpc) is 3.22. The molecule has 0 saturated carbocycles. The second-order valence-corrected chi connectivity index (χ2v) is 12.2. The lowest BCUT2D eigenvalue weighted by Crippen LogP contribution is -2.52. The molecule has 0 bridgehead atoms. The quantitative estimate of drug-likeness (QED) is 0.573. The van der Waals surface area contributed by atoms with Crippen molar-refractivity contribution in [2.24, 2.45) is 0 Å². The van der Waals surface area contributed by atoms with Gasteiger partial charge in [0.25, 0.3) is 5.91 Å². The molecule has 10 heteroatoms. The monoisotopic (exact) mass is 539 g/mol. The fourth-order valence-corrected chi connectivity index (χ4v) is 6.10. The molecule has 212 valence electrons. The van der Waals surface area contributed by atoms with Crippen LogP contribution < -0.4 is 5.32 Å². The van der Waals surface area contributed by atoms with Crippen molar-refractivity contribution < 1.29 is 23.9 Å². The fourth-order valence-electron chi connectivity index (χ4n) is 6.10. The van der Waals surface area contributed by atoms with E-state index in [0.717, 1.165) is 57.7 Å². The Hall–Kier alpha value is -2.98. The normalized spacial score (nSPS) is 23.7. The van der Waals surface area contributed by atoms with E-state index >= 15 is 0 Å². The molecule has 1 atom stereocenters. The van der Waals surface area contributed by atoms with Gasteiger partial charge in [-0.1, -0.05) is 12.1 Å². The molecule has 4 heterocycles. The molecule has 10 nitrogen and oxygen atoms in total. The van der Waals surface area contributed by atoms with Crippen molar-refractivity contribution in [2.45, 2.75) is 70.6 Å². The average molecular weight is 540 g/mol. The van der Waals surface area contributed by atoms with E-state index in [4.69, 9.17) is 4.74 Å². The van der Waals surface area contributed by atoms with Gasteiger partial charge in [-0.25, -0.2) is 4.79 Å². The van der Waals surface area contributed by atoms with Crippen molar-refractivity contribution in [3.63, 3.8) is 0 Å². The molecule has 1 N–H and O–H groups in total. The minimum absolute atomic E-state index is 0.118. The van der Waals surface area contributed by atoms with Crippen molar-refractivity contribution >= 4 is 23.8 Å². The molecule has 3 saturated heterocycles. The van der Waals surface area contributed by atoms with Gasteiger partial charge in [-0.3, -0.25) is 24.6 Å². The van der Waals surface area contributed by atoms with Gasteiger partial charge in [-0.15, -0.1) is 0 Å². The van der Waals surface area contributed by atoms with Crippen LogP contribution in [0, 0.1) is 0 Å². The van der Waals surface area contributed by atoms with Crippen molar-refractivity contribution in [2.75, 3.05) is 52.4 Å². The van der Waals surface area contributed by atoms with Crippen molar-refractivity contribution in [3.8, 4) is 0 Å². The third-order valence-corrected chi connectivity index (χ3v) is 8.36. The first-order valence-corrected chi connectivity index (χ1v) is 14.3. The number of ether oxygens (including phenoxy) is 1. The maximum atomic E-state index is 13.0. The van der Waals surface area contributed by atoms with Gasteiger partial charge in [0.1, 0.15) is 11.6 Å². The van der Waals surface area contributed by atoms with Gasteiger partial charge < -0.3 is 19.4 Å². The van der Waals surface area contributed by atoms with Crippen LogP contribution >= 0.6 is 0 Å². The number of likely N-dealkylation sites (tertiary alicyclic amines) is 1. The predicted octanol–water partition coefficient (Wildman–Crippen LogP) is 2.18. The standard InChI is InChI=1S/C29H41N5O5/c1-29(2,3)39-28(38)33-16-14-32(15-17-33)13-12-31-10-8-20(9-11-31)21-4-5-23-22(18-21)19-34(27(23)37)24-6-7-25(35)30-26(24)36/h4-5,18,20,24H,6-17,19H2,1-3H3,(H,30,35,36). The molecular weight excluding hydrogens is 498 g/mol. The number of piperazine rings is 1. The highest BCUT2D eigenvalue weighted by Gasteiger charge is 2.39. The highest BCUT2D eigenvalue weighted by molar-refractivity contribution is 6.05. The maximum absolute atomic E-state index is 13.0. The SMILES string of the molecule is CC(C)(C)OC(=O)N1CCN(CCN2CCC(c3ccc4c(c3)CN(C3CCC(=O)NC3=O)C4=O)CC2)CC1. The third-order valence-electron chi connectivity index (χ3n) is 8.36. The molecule has 1 aromatic carbocycles. The zero-order valence-corrected chi connectivity index (χ0v) is 23.4. The summed E-state index contributed by atoms with van der Waals surface area (Å²) in [5.41, 5.74) is 2.46. The maximum Gasteiger partial charge on any atom is 0.410 e. The lowest BCUT2D eigenvalue weighted by atomic mass is 9.88. The zero-order chi connectivity index (χ0) is 27.7. The van der Waals surface area contributed by atoms with E-state index in [0.29, 0.717) is 37.5 Å². The number of nitrogens with zero attached hydrogens (tertiary/aromatic N) is 4. The van der Waals surface area contributed by atoms with Crippen LogP contribution in [0.4, 0.5) is 4.79 Å². The van der Waals surface area contributed by atoms with E-state index in [1.165, 1.54) is 5.56 Å². The molecule has 0 radical (unpaired) electrons. The first-order chi connectivity index (χ1) is 18.6. The summed E-state index contributed by atoms with van der Waals surface area (Å²) < 4.78 is 5.50. The second kappa shape index (κ2) is 11.3. The van der Waals surface area contributed by atoms with Gasteiger partial charge in [0.15, 0.2) is 0 Å². The van der Waals surface area contributed by atoms with E-state index in [1.807, 2.05) is 31.7 Å². The second-order valence-electron chi connectivity index (χ2n) is 12.2. The van der Waals surface area contributed by atoms with Gasteiger partial charge in [-0.05, 0) is 76.2 Å². The summed E-state index contributed by atoms with van der Waals surface area (Å²) >= 11 is 0. The largest absolute Gasteiger partial charge is 0.444 e. The molecule has 39 heavy (non-hydrogen) atoms. The lowest BCUT2D eigenvalue weighted by Gasteiger charge is -2.37. The molecule has 1 unspecified atom stereocenters. The first kappa shape index (κ1) is 27.6. The van der Waals surface area contributed by atoms with Crippen LogP contribution in [-0.4, -0.2) is 107 Å². The minimum Gasteiger partial charge on any atom is -0.444 e. The van der Waals surface area contributed by atoms with E-state index in [9.17, 15) is 19.2 Å². The molecule has 3 fully saturated rings. The Morgan fingerprint density at radius 3 is 2.26 bits per heavy atom. The Morgan fingerprint density at radius 1 is 0.949 bits per heavy atom. The van der Waals surface area contributed by atoms with E-state index in [1.54, 1.807) is 4.90 Å². The summed E-state index contributed by atoms with van der Waals surface area (Å²) in [4.78, 5) is 57.5. The number of carbonyl (C=O) groups excluding carboxylic acids is 4. The topological polar surface area (TPSA) is 102 Å². The van der Waals surface area contributed by atoms with Crippen molar-refractivity contribution in [1.82, 2.24) is 24.9 Å². The number of rotatable bonds is 5. The van der Waals surface area contributed by atoms with E-state index < -0.39 is 11.6 Å². The summed E-state index contributed by atoms with van der Waals surface area (Å²) in [5, 5.41) is 2.37. The number of carbonyl (C=O) groups is 4. The molecular formula is C29H41N5O5. The summed E-state index contributed by atoms with van der Waals surface area (Å²) in [6, 6.07) is 5.58. The van der Waals surface area contributed by atoms with Gasteiger partial charge in [0.05, 0.1) is 0 Å². The minimum atomic E-state index is -0.574. The van der Waals surface area contributed by atoms with Crippen LogP contribution in [0.15, 0.2) is 18.2 Å². The molecule has 1 aromatic rings. The molecule has 0 aliphatic carbocycles. The summed E-state index contributed by atoms with van der Waals surface area (Å²) in [6.07, 6.45) is 2.59. The summed E-state index contributed by atoms with van der Waals surface area (Å²) in [6.45, 7) is 13.4. The van der Waals surface area contributed by atoms with Crippen molar-refractivity contribution in [1.29, 1.82) is 0 Å². The Morgan fingerprint density at radius 2 is 1.62 bits per heavy atom. The number of piperidine rings is 2. The van der Waals surface area contributed by atoms with Gasteiger partial charge in [-0.2, -0.15) is 0 Å². The Labute approximate surface area is 230 Å². The predicted molar refractivity (Wildman–Crippen MR) is 145 cm³/mol. The van der Waals surface area contributed by atoms with Crippen LogP contribution in [0.2, 0.25) is 0 Å². The molecule has 4 aliphatic heterocycles. The fraction of sp³-hybridized carbons (Fsp3) is 0.655. The van der Waals surface area contributed by atoms with Gasteiger partial charge in [0.2, 0.25) is 11.8 Å². The Kier molecular flexibility index (Phi) is 7.96. The lowest BCUT2D eigenvalue weighted by molar-refractivity contribution is -0.136. The first-order valence-electron chi connectivity index (χ1n) is 14.3. The number of amides is 4. The van der Waals surface area contributed by atoms with Gasteiger partial charge >= 0.3 is 6.09 Å². The molecule has 5 rings (SSSR count). The number of hydrogen-bond acceptors (Lipinski definition) is 7. The Bertz CT molecular complexity index is 1120. The number of benzene rings is 1. The highest BCUT2D eigenvalue weighted by Crippen LogP contribution is 2.33. The third kappa shape index (κ3) is 6.44. The number of hydrogen-bond donors (Lipinski definition) is 1. The van der Waals surface area contributed by atoms with E-state index in [2.05, 4.69) is 27.2 Å². The summed E-state index contributed by atoms with van der Waals surface area (Å²) in [5.74, 6) is -0.295. The molecule has 0 spiro atoms. The number of nitrogens with one attached hydrogen (secondary N) is 1. The zero-order valence-electron chi connectivity index (χ0n) is 23.4. The van der Waals surface area contributed by atoms with Crippen LogP contribution in [0.5, 0.6) is 0 Å². The van der Waals surface area contributed by atoms with E-state index in [-0.39, 0.29) is 30.2 Å².